The predicted molar refractivity (Wildman–Crippen MR) is 128 cm³/mol. The number of amides is 1. The number of hydrogen-bond acceptors (Lipinski definition) is 4. The van der Waals surface area contributed by atoms with E-state index in [9.17, 15) is 26.4 Å². The number of rotatable bonds is 8. The van der Waals surface area contributed by atoms with E-state index in [1.807, 2.05) is 12.1 Å². The topological polar surface area (TPSA) is 84.5 Å². The predicted octanol–water partition coefficient (Wildman–Crippen LogP) is 6.30. The quantitative estimate of drug-likeness (QED) is 0.361. The van der Waals surface area contributed by atoms with Crippen LogP contribution >= 0.6 is 11.6 Å². The molecule has 3 aromatic rings. The molecule has 0 unspecified atom stereocenters. The lowest BCUT2D eigenvalue weighted by atomic mass is 10.0. The van der Waals surface area contributed by atoms with Crippen molar-refractivity contribution in [3.05, 3.63) is 82.9 Å². The van der Waals surface area contributed by atoms with E-state index in [0.717, 1.165) is 23.8 Å². The number of nitrogens with one attached hydrogen (secondary N) is 2. The number of alkyl halides is 3. The molecule has 1 amide bonds. The Morgan fingerprint density at radius 3 is 2.29 bits per heavy atom. The van der Waals surface area contributed by atoms with E-state index in [-0.39, 0.29) is 28.0 Å². The fourth-order valence-corrected chi connectivity index (χ4v) is 4.41. The molecule has 0 atom stereocenters. The molecule has 0 aromatic heterocycles. The average Bonchev–Trinajstić information content (AvgIpc) is 2.78. The fraction of sp³-hybridized carbons (Fsp3) is 0.208. The molecule has 0 aliphatic heterocycles. The van der Waals surface area contributed by atoms with Crippen LogP contribution in [-0.4, -0.2) is 20.9 Å². The molecule has 0 saturated carbocycles. The van der Waals surface area contributed by atoms with E-state index in [0.29, 0.717) is 17.7 Å². The Morgan fingerprint density at radius 1 is 1.00 bits per heavy atom. The number of carbonyl (C=O) groups excluding carboxylic acids is 1. The Kier molecular flexibility index (Phi) is 7.97. The zero-order valence-corrected chi connectivity index (χ0v) is 20.3. The van der Waals surface area contributed by atoms with E-state index >= 15 is 0 Å². The lowest BCUT2D eigenvalue weighted by Crippen LogP contribution is -2.20. The minimum absolute atomic E-state index is 0.0648. The van der Waals surface area contributed by atoms with Gasteiger partial charge >= 0.3 is 6.18 Å². The van der Waals surface area contributed by atoms with Gasteiger partial charge in [0.15, 0.2) is 6.61 Å². The maximum absolute atomic E-state index is 12.9. The van der Waals surface area contributed by atoms with Gasteiger partial charge in [-0.25, -0.2) is 8.42 Å². The second-order valence-corrected chi connectivity index (χ2v) is 9.98. The van der Waals surface area contributed by atoms with Crippen LogP contribution in [-0.2, 0) is 21.0 Å². The van der Waals surface area contributed by atoms with E-state index in [1.165, 1.54) is 18.2 Å². The van der Waals surface area contributed by atoms with Crippen molar-refractivity contribution < 1.29 is 31.1 Å². The molecule has 0 radical (unpaired) electrons. The lowest BCUT2D eigenvalue weighted by molar-refractivity contribution is -0.137. The highest BCUT2D eigenvalue weighted by Crippen LogP contribution is 2.32. The SMILES string of the molecule is CC(C)c1ccc(NC(=O)COc2ccc(S(=O)(=O)Nc3cccc(C(F)(F)F)c3)cc2Cl)cc1. The van der Waals surface area contributed by atoms with Crippen LogP contribution in [0.15, 0.2) is 71.6 Å². The van der Waals surface area contributed by atoms with Gasteiger partial charge in [-0.2, -0.15) is 13.2 Å². The second kappa shape index (κ2) is 10.6. The Labute approximate surface area is 206 Å². The molecule has 3 aromatic carbocycles. The molecule has 11 heteroatoms. The van der Waals surface area contributed by atoms with Crippen molar-refractivity contribution in [3.63, 3.8) is 0 Å². The van der Waals surface area contributed by atoms with Gasteiger partial charge in [0.05, 0.1) is 15.5 Å². The summed E-state index contributed by atoms with van der Waals surface area (Å²) in [6, 6.07) is 14.7. The van der Waals surface area contributed by atoms with Crippen molar-refractivity contribution in [1.29, 1.82) is 0 Å². The third-order valence-electron chi connectivity index (χ3n) is 4.88. The van der Waals surface area contributed by atoms with E-state index in [2.05, 4.69) is 23.9 Å². The van der Waals surface area contributed by atoms with E-state index < -0.39 is 27.7 Å². The summed E-state index contributed by atoms with van der Waals surface area (Å²) in [6.07, 6.45) is -4.62. The van der Waals surface area contributed by atoms with Crippen LogP contribution in [0.2, 0.25) is 5.02 Å². The van der Waals surface area contributed by atoms with Crippen LogP contribution in [0.4, 0.5) is 24.5 Å². The molecule has 0 fully saturated rings. The lowest BCUT2D eigenvalue weighted by Gasteiger charge is -2.13. The number of hydrogen-bond donors (Lipinski definition) is 2. The summed E-state index contributed by atoms with van der Waals surface area (Å²) in [5, 5.41) is 2.59. The molecule has 186 valence electrons. The van der Waals surface area contributed by atoms with Crippen LogP contribution in [0.25, 0.3) is 0 Å². The van der Waals surface area contributed by atoms with Crippen molar-refractivity contribution >= 4 is 38.9 Å². The molecule has 35 heavy (non-hydrogen) atoms. The molecule has 0 bridgehead atoms. The van der Waals surface area contributed by atoms with Gasteiger partial charge in [0, 0.05) is 11.4 Å². The number of carbonyl (C=O) groups is 1. The normalized spacial score (nSPS) is 11.9. The minimum atomic E-state index is -4.62. The standard InChI is InChI=1S/C24H22ClF3N2O4S/c1-15(2)16-6-8-18(9-7-16)29-23(31)14-34-22-11-10-20(13-21(22)25)35(32,33)30-19-5-3-4-17(12-19)24(26,27)28/h3-13,15,30H,14H2,1-2H3,(H,29,31). The van der Waals surface area contributed by atoms with Crippen molar-refractivity contribution in [2.75, 3.05) is 16.6 Å². The number of anilines is 2. The maximum atomic E-state index is 12.9. The van der Waals surface area contributed by atoms with Gasteiger partial charge in [0.1, 0.15) is 5.75 Å². The molecule has 6 nitrogen and oxygen atoms in total. The molecular formula is C24H22ClF3N2O4S. The van der Waals surface area contributed by atoms with Crippen molar-refractivity contribution in [1.82, 2.24) is 0 Å². The Bertz CT molecular complexity index is 1310. The van der Waals surface area contributed by atoms with Gasteiger partial charge in [-0.3, -0.25) is 9.52 Å². The molecule has 0 spiro atoms. The van der Waals surface area contributed by atoms with Crippen LogP contribution in [0.5, 0.6) is 5.75 Å². The highest BCUT2D eigenvalue weighted by molar-refractivity contribution is 7.92. The van der Waals surface area contributed by atoms with Crippen LogP contribution in [0.3, 0.4) is 0 Å². The highest BCUT2D eigenvalue weighted by atomic mass is 35.5. The van der Waals surface area contributed by atoms with Gasteiger partial charge in [0.25, 0.3) is 15.9 Å². The molecule has 0 heterocycles. The molecule has 0 aliphatic rings. The molecule has 2 N–H and O–H groups in total. The van der Waals surface area contributed by atoms with Crippen LogP contribution < -0.4 is 14.8 Å². The Morgan fingerprint density at radius 2 is 1.69 bits per heavy atom. The second-order valence-electron chi connectivity index (χ2n) is 7.89. The first kappa shape index (κ1) is 26.4. The summed E-state index contributed by atoms with van der Waals surface area (Å²) in [4.78, 5) is 11.9. The van der Waals surface area contributed by atoms with Crippen molar-refractivity contribution in [3.8, 4) is 5.75 Å². The Balaban J connectivity index is 1.64. The summed E-state index contributed by atoms with van der Waals surface area (Å²) < 4.78 is 71.3. The monoisotopic (exact) mass is 526 g/mol. The first-order valence-corrected chi connectivity index (χ1v) is 12.2. The number of benzene rings is 3. The van der Waals surface area contributed by atoms with Gasteiger partial charge in [-0.15, -0.1) is 0 Å². The van der Waals surface area contributed by atoms with E-state index in [1.54, 1.807) is 12.1 Å². The zero-order valence-electron chi connectivity index (χ0n) is 18.7. The summed E-state index contributed by atoms with van der Waals surface area (Å²) in [5.41, 5.74) is 0.475. The maximum Gasteiger partial charge on any atom is 0.416 e. The highest BCUT2D eigenvalue weighted by Gasteiger charge is 2.30. The average molecular weight is 527 g/mol. The third kappa shape index (κ3) is 7.12. The molecular weight excluding hydrogens is 505 g/mol. The minimum Gasteiger partial charge on any atom is -0.482 e. The summed E-state index contributed by atoms with van der Waals surface area (Å²) in [6.45, 7) is 3.74. The smallest absolute Gasteiger partial charge is 0.416 e. The van der Waals surface area contributed by atoms with Crippen LogP contribution in [0.1, 0.15) is 30.9 Å². The van der Waals surface area contributed by atoms with Crippen LogP contribution in [0, 0.1) is 0 Å². The first-order chi connectivity index (χ1) is 16.3. The summed E-state index contributed by atoms with van der Waals surface area (Å²) >= 11 is 6.12. The molecule has 0 aliphatic carbocycles. The molecule has 3 rings (SSSR count). The fourth-order valence-electron chi connectivity index (χ4n) is 3.03. The summed E-state index contributed by atoms with van der Waals surface area (Å²) in [5.74, 6) is -0.0199. The van der Waals surface area contributed by atoms with Gasteiger partial charge in [-0.05, 0) is 60.0 Å². The van der Waals surface area contributed by atoms with Crippen molar-refractivity contribution in [2.24, 2.45) is 0 Å². The summed E-state index contributed by atoms with van der Waals surface area (Å²) in [7, 11) is -4.23. The van der Waals surface area contributed by atoms with Gasteiger partial charge in [-0.1, -0.05) is 43.6 Å². The third-order valence-corrected chi connectivity index (χ3v) is 6.55. The number of ether oxygens (including phenoxy) is 1. The Hall–Kier alpha value is -3.24. The number of sulfonamides is 1. The largest absolute Gasteiger partial charge is 0.482 e. The van der Waals surface area contributed by atoms with Crippen molar-refractivity contribution in [2.45, 2.75) is 30.8 Å². The first-order valence-electron chi connectivity index (χ1n) is 10.4. The van der Waals surface area contributed by atoms with E-state index in [4.69, 9.17) is 16.3 Å². The molecule has 0 saturated heterocycles. The van der Waals surface area contributed by atoms with Gasteiger partial charge < -0.3 is 10.1 Å². The zero-order chi connectivity index (χ0) is 25.8. The number of halogens is 4. The van der Waals surface area contributed by atoms with Gasteiger partial charge in [0.2, 0.25) is 0 Å².